The maximum absolute atomic E-state index is 9.50. The fraction of sp³-hybridized carbons (Fsp3) is 1.00. The van der Waals surface area contributed by atoms with Crippen LogP contribution < -0.4 is 0 Å². The quantitative estimate of drug-likeness (QED) is 0.344. The molecule has 134 valence electrons. The molecule has 0 aliphatic carbocycles. The summed E-state index contributed by atoms with van der Waals surface area (Å²) in [4.78, 5) is 0. The summed E-state index contributed by atoms with van der Waals surface area (Å²) in [5.41, 5.74) is 0. The average molecular weight is 317 g/mol. The summed E-state index contributed by atoms with van der Waals surface area (Å²) in [5.74, 6) is 0. The zero-order chi connectivity index (χ0) is 16.5. The molecule has 0 fully saturated rings. The monoisotopic (exact) mass is 316 g/mol. The van der Waals surface area contributed by atoms with Gasteiger partial charge in [0.1, 0.15) is 6.10 Å². The first-order chi connectivity index (χ1) is 10.7. The summed E-state index contributed by atoms with van der Waals surface area (Å²) in [6.07, 6.45) is 17.3. The lowest BCUT2D eigenvalue weighted by Gasteiger charge is -2.14. The molecule has 0 aliphatic rings. The van der Waals surface area contributed by atoms with Crippen LogP contribution in [-0.2, 0) is 0 Å². The van der Waals surface area contributed by atoms with Crippen LogP contribution in [0.5, 0.6) is 0 Å². The van der Waals surface area contributed by atoms with E-state index in [0.29, 0.717) is 6.42 Å². The van der Waals surface area contributed by atoms with Crippen molar-refractivity contribution < 1.29 is 15.3 Å². The topological polar surface area (TPSA) is 60.7 Å². The Labute approximate surface area is 138 Å². The summed E-state index contributed by atoms with van der Waals surface area (Å²) in [6.45, 7) is 1.92. The standard InChI is InChI=1S/C19H40O3/c1-2-3-4-5-6-7-8-9-10-11-12-13-14-15-16-18(21)19(22)17-20/h18-22H,2-17H2,1H3/t18-,19?/m1/s1. The number of aliphatic hydroxyl groups excluding tert-OH is 3. The highest BCUT2D eigenvalue weighted by molar-refractivity contribution is 4.65. The van der Waals surface area contributed by atoms with E-state index >= 15 is 0 Å². The molecular formula is C19H40O3. The van der Waals surface area contributed by atoms with Crippen molar-refractivity contribution >= 4 is 0 Å². The first-order valence-corrected chi connectivity index (χ1v) is 9.69. The minimum Gasteiger partial charge on any atom is -0.394 e. The van der Waals surface area contributed by atoms with Gasteiger partial charge in [-0.1, -0.05) is 96.8 Å². The molecule has 0 aromatic heterocycles. The molecule has 2 atom stereocenters. The molecule has 0 radical (unpaired) electrons. The molecule has 0 rings (SSSR count). The fourth-order valence-corrected chi connectivity index (χ4v) is 2.86. The molecular weight excluding hydrogens is 276 g/mol. The average Bonchev–Trinajstić information content (AvgIpc) is 2.54. The van der Waals surface area contributed by atoms with E-state index in [2.05, 4.69) is 6.92 Å². The van der Waals surface area contributed by atoms with Gasteiger partial charge in [-0.05, 0) is 6.42 Å². The molecule has 3 nitrogen and oxygen atoms in total. The van der Waals surface area contributed by atoms with Gasteiger partial charge in [0.15, 0.2) is 0 Å². The van der Waals surface area contributed by atoms with E-state index in [1.165, 1.54) is 77.0 Å². The normalized spacial score (nSPS) is 14.2. The summed E-state index contributed by atoms with van der Waals surface area (Å²) >= 11 is 0. The predicted octanol–water partition coefficient (Wildman–Crippen LogP) is 4.57. The van der Waals surface area contributed by atoms with Crippen molar-refractivity contribution in [2.45, 2.75) is 115 Å². The Bertz CT molecular complexity index is 209. The third-order valence-electron chi connectivity index (χ3n) is 4.48. The number of hydrogen-bond donors (Lipinski definition) is 3. The molecule has 0 spiro atoms. The van der Waals surface area contributed by atoms with Crippen molar-refractivity contribution in [1.82, 2.24) is 0 Å². The second-order valence-electron chi connectivity index (χ2n) is 6.70. The van der Waals surface area contributed by atoms with Crippen molar-refractivity contribution in [3.8, 4) is 0 Å². The zero-order valence-corrected chi connectivity index (χ0v) is 14.8. The Morgan fingerprint density at radius 1 is 0.545 bits per heavy atom. The zero-order valence-electron chi connectivity index (χ0n) is 14.8. The summed E-state index contributed by atoms with van der Waals surface area (Å²) in [6, 6.07) is 0. The third kappa shape index (κ3) is 14.8. The Morgan fingerprint density at radius 3 is 1.27 bits per heavy atom. The number of hydrogen-bond acceptors (Lipinski definition) is 3. The van der Waals surface area contributed by atoms with Crippen LogP contribution in [0, 0.1) is 0 Å². The molecule has 1 unspecified atom stereocenters. The highest BCUT2D eigenvalue weighted by atomic mass is 16.4. The maximum Gasteiger partial charge on any atom is 0.103 e. The molecule has 3 heteroatoms. The second-order valence-corrected chi connectivity index (χ2v) is 6.70. The molecule has 0 saturated heterocycles. The van der Waals surface area contributed by atoms with Crippen LogP contribution >= 0.6 is 0 Å². The highest BCUT2D eigenvalue weighted by Gasteiger charge is 2.13. The molecule has 0 heterocycles. The minimum absolute atomic E-state index is 0.347. The number of rotatable bonds is 17. The number of aliphatic hydroxyl groups is 3. The molecule has 22 heavy (non-hydrogen) atoms. The van der Waals surface area contributed by atoms with Crippen molar-refractivity contribution in [2.75, 3.05) is 6.61 Å². The van der Waals surface area contributed by atoms with Crippen LogP contribution in [0.4, 0.5) is 0 Å². The van der Waals surface area contributed by atoms with E-state index in [-0.39, 0.29) is 6.61 Å². The van der Waals surface area contributed by atoms with Gasteiger partial charge in [0.25, 0.3) is 0 Å². The van der Waals surface area contributed by atoms with Gasteiger partial charge in [-0.3, -0.25) is 0 Å². The summed E-state index contributed by atoms with van der Waals surface area (Å²) in [7, 11) is 0. The van der Waals surface area contributed by atoms with Gasteiger partial charge < -0.3 is 15.3 Å². The van der Waals surface area contributed by atoms with E-state index < -0.39 is 12.2 Å². The van der Waals surface area contributed by atoms with Crippen LogP contribution in [0.3, 0.4) is 0 Å². The molecule has 0 aliphatic heterocycles. The van der Waals surface area contributed by atoms with Gasteiger partial charge in [-0.15, -0.1) is 0 Å². The Hall–Kier alpha value is -0.120. The van der Waals surface area contributed by atoms with Gasteiger partial charge in [-0.2, -0.15) is 0 Å². The van der Waals surface area contributed by atoms with E-state index in [9.17, 15) is 10.2 Å². The first kappa shape index (κ1) is 21.9. The lowest BCUT2D eigenvalue weighted by Crippen LogP contribution is -2.28. The van der Waals surface area contributed by atoms with Crippen LogP contribution in [0.25, 0.3) is 0 Å². The van der Waals surface area contributed by atoms with E-state index in [0.717, 1.165) is 12.8 Å². The summed E-state index contributed by atoms with van der Waals surface area (Å²) < 4.78 is 0. The number of unbranched alkanes of at least 4 members (excludes halogenated alkanes) is 13. The molecule has 0 aromatic carbocycles. The molecule has 0 saturated carbocycles. The van der Waals surface area contributed by atoms with Crippen molar-refractivity contribution in [2.24, 2.45) is 0 Å². The van der Waals surface area contributed by atoms with Gasteiger partial charge in [0.2, 0.25) is 0 Å². The minimum atomic E-state index is -0.970. The third-order valence-corrected chi connectivity index (χ3v) is 4.48. The highest BCUT2D eigenvalue weighted by Crippen LogP contribution is 2.14. The predicted molar refractivity (Wildman–Crippen MR) is 94.0 cm³/mol. The van der Waals surface area contributed by atoms with Gasteiger partial charge in [0.05, 0.1) is 12.7 Å². The molecule has 0 aromatic rings. The Balaban J connectivity index is 3.08. The smallest absolute Gasteiger partial charge is 0.103 e. The molecule has 3 N–H and O–H groups in total. The lowest BCUT2D eigenvalue weighted by atomic mass is 10.0. The second kappa shape index (κ2) is 17.2. The van der Waals surface area contributed by atoms with Gasteiger partial charge in [-0.25, -0.2) is 0 Å². The van der Waals surface area contributed by atoms with Crippen LogP contribution in [-0.4, -0.2) is 34.1 Å². The maximum atomic E-state index is 9.50. The van der Waals surface area contributed by atoms with Crippen LogP contribution in [0.1, 0.15) is 103 Å². The van der Waals surface area contributed by atoms with Crippen LogP contribution in [0.15, 0.2) is 0 Å². The Kier molecular flexibility index (Phi) is 17.1. The van der Waals surface area contributed by atoms with Crippen molar-refractivity contribution in [1.29, 1.82) is 0 Å². The first-order valence-electron chi connectivity index (χ1n) is 9.69. The Morgan fingerprint density at radius 2 is 0.909 bits per heavy atom. The van der Waals surface area contributed by atoms with E-state index in [1.54, 1.807) is 0 Å². The van der Waals surface area contributed by atoms with Gasteiger partial charge >= 0.3 is 0 Å². The SMILES string of the molecule is CCCCCCCCCCCCCCCC[C@@H](O)C(O)CO. The van der Waals surface area contributed by atoms with E-state index in [4.69, 9.17) is 5.11 Å². The largest absolute Gasteiger partial charge is 0.394 e. The fourth-order valence-electron chi connectivity index (χ4n) is 2.86. The van der Waals surface area contributed by atoms with Crippen LogP contribution in [0.2, 0.25) is 0 Å². The lowest BCUT2D eigenvalue weighted by molar-refractivity contribution is -0.0185. The van der Waals surface area contributed by atoms with E-state index in [1.807, 2.05) is 0 Å². The van der Waals surface area contributed by atoms with Crippen molar-refractivity contribution in [3.05, 3.63) is 0 Å². The molecule has 0 bridgehead atoms. The molecule has 0 amide bonds. The van der Waals surface area contributed by atoms with Gasteiger partial charge in [0, 0.05) is 0 Å². The van der Waals surface area contributed by atoms with Crippen molar-refractivity contribution in [3.63, 3.8) is 0 Å². The summed E-state index contributed by atoms with van der Waals surface area (Å²) in [5, 5.41) is 27.4.